The quantitative estimate of drug-likeness (QED) is 0.593. The molecule has 0 fully saturated rings. The molecular weight excluding hydrogens is 252 g/mol. The number of methoxy groups -OCH3 is 2. The van der Waals surface area contributed by atoms with E-state index in [9.17, 15) is 9.90 Å². The lowest BCUT2D eigenvalue weighted by molar-refractivity contribution is -0.0133. The monoisotopic (exact) mass is 270 g/mol. The van der Waals surface area contributed by atoms with E-state index in [4.69, 9.17) is 14.2 Å². The molecule has 0 atom stereocenters. The molecule has 1 aromatic rings. The molecule has 0 heterocycles. The van der Waals surface area contributed by atoms with E-state index < -0.39 is 5.97 Å². The van der Waals surface area contributed by atoms with Crippen molar-refractivity contribution in [2.75, 3.05) is 27.8 Å². The zero-order valence-corrected chi connectivity index (χ0v) is 11.3. The van der Waals surface area contributed by atoms with Crippen LogP contribution in [-0.2, 0) is 20.8 Å². The summed E-state index contributed by atoms with van der Waals surface area (Å²) in [4.78, 5) is 11.9. The molecule has 1 aromatic carbocycles. The molecule has 0 saturated carbocycles. The van der Waals surface area contributed by atoms with Crippen molar-refractivity contribution >= 4 is 5.97 Å². The van der Waals surface area contributed by atoms with Gasteiger partial charge in [-0.05, 0) is 18.6 Å². The van der Waals surface area contributed by atoms with Gasteiger partial charge in [0.2, 0.25) is 0 Å². The Morgan fingerprint density at radius 2 is 1.89 bits per heavy atom. The van der Waals surface area contributed by atoms with E-state index in [1.807, 2.05) is 6.92 Å². The summed E-state index contributed by atoms with van der Waals surface area (Å²) in [7, 11) is 2.89. The highest BCUT2D eigenvalue weighted by atomic mass is 16.7. The number of aryl methyl sites for hydroxylation is 1. The van der Waals surface area contributed by atoms with Crippen molar-refractivity contribution in [1.82, 2.24) is 0 Å². The van der Waals surface area contributed by atoms with Gasteiger partial charge in [-0.2, -0.15) is 0 Å². The van der Waals surface area contributed by atoms with Crippen LogP contribution in [0.15, 0.2) is 12.1 Å². The molecule has 0 aliphatic rings. The van der Waals surface area contributed by atoms with Gasteiger partial charge in [-0.25, -0.2) is 4.79 Å². The van der Waals surface area contributed by atoms with Crippen LogP contribution in [0.25, 0.3) is 0 Å². The number of carbonyl (C=O) groups excluding carboxylic acids is 1. The van der Waals surface area contributed by atoms with E-state index in [0.29, 0.717) is 5.56 Å². The summed E-state index contributed by atoms with van der Waals surface area (Å²) >= 11 is 0. The number of carbonyl (C=O) groups is 1. The number of rotatable bonds is 7. The standard InChI is InChI=1S/C13H18O6/c1-9-4-10(6-14)12(18-7-16-2)11(5-9)13(15)19-8-17-3/h4-5,14H,6-8H2,1-3H3. The molecule has 0 radical (unpaired) electrons. The molecule has 106 valence electrons. The third kappa shape index (κ3) is 4.20. The zero-order valence-electron chi connectivity index (χ0n) is 11.3. The van der Waals surface area contributed by atoms with Crippen LogP contribution in [0.2, 0.25) is 0 Å². The fourth-order valence-corrected chi connectivity index (χ4v) is 1.60. The van der Waals surface area contributed by atoms with Crippen LogP contribution >= 0.6 is 0 Å². The maximum atomic E-state index is 11.9. The van der Waals surface area contributed by atoms with Gasteiger partial charge in [-0.1, -0.05) is 6.07 Å². The van der Waals surface area contributed by atoms with Gasteiger partial charge in [0.25, 0.3) is 0 Å². The Hall–Kier alpha value is -1.63. The minimum atomic E-state index is -0.577. The molecule has 0 aromatic heterocycles. The van der Waals surface area contributed by atoms with Gasteiger partial charge in [-0.15, -0.1) is 0 Å². The Bertz CT molecular complexity index is 429. The lowest BCUT2D eigenvalue weighted by Gasteiger charge is -2.14. The second-order valence-electron chi connectivity index (χ2n) is 3.85. The van der Waals surface area contributed by atoms with Crippen molar-refractivity contribution < 1.29 is 28.8 Å². The van der Waals surface area contributed by atoms with E-state index in [2.05, 4.69) is 4.74 Å². The van der Waals surface area contributed by atoms with Crippen molar-refractivity contribution in [1.29, 1.82) is 0 Å². The summed E-state index contributed by atoms with van der Waals surface area (Å²) in [6.07, 6.45) is 0. The average molecular weight is 270 g/mol. The van der Waals surface area contributed by atoms with Gasteiger partial charge < -0.3 is 24.1 Å². The zero-order chi connectivity index (χ0) is 14.3. The molecule has 6 nitrogen and oxygen atoms in total. The Morgan fingerprint density at radius 3 is 2.47 bits per heavy atom. The Balaban J connectivity index is 3.10. The van der Waals surface area contributed by atoms with Crippen LogP contribution in [0.4, 0.5) is 0 Å². The molecule has 0 aliphatic carbocycles. The van der Waals surface area contributed by atoms with E-state index in [1.54, 1.807) is 12.1 Å². The van der Waals surface area contributed by atoms with E-state index in [0.717, 1.165) is 5.56 Å². The van der Waals surface area contributed by atoms with Crippen LogP contribution in [-0.4, -0.2) is 38.9 Å². The Kier molecular flexibility index (Phi) is 6.27. The highest BCUT2D eigenvalue weighted by molar-refractivity contribution is 5.93. The van der Waals surface area contributed by atoms with Gasteiger partial charge in [0.05, 0.1) is 6.61 Å². The number of hydrogen-bond acceptors (Lipinski definition) is 6. The first kappa shape index (κ1) is 15.4. The number of benzene rings is 1. The van der Waals surface area contributed by atoms with E-state index in [1.165, 1.54) is 14.2 Å². The average Bonchev–Trinajstić information content (AvgIpc) is 2.42. The molecule has 0 unspecified atom stereocenters. The molecule has 19 heavy (non-hydrogen) atoms. The van der Waals surface area contributed by atoms with Gasteiger partial charge in [0, 0.05) is 19.8 Å². The summed E-state index contributed by atoms with van der Waals surface area (Å²) < 4.78 is 19.7. The smallest absolute Gasteiger partial charge is 0.344 e. The van der Waals surface area contributed by atoms with Crippen LogP contribution < -0.4 is 4.74 Å². The summed E-state index contributed by atoms with van der Waals surface area (Å²) in [5.41, 5.74) is 1.55. The van der Waals surface area contributed by atoms with Crippen molar-refractivity contribution in [2.45, 2.75) is 13.5 Å². The fraction of sp³-hybridized carbons (Fsp3) is 0.462. The second kappa shape index (κ2) is 7.73. The highest BCUT2D eigenvalue weighted by Crippen LogP contribution is 2.27. The van der Waals surface area contributed by atoms with E-state index >= 15 is 0 Å². The van der Waals surface area contributed by atoms with Gasteiger partial charge in [-0.3, -0.25) is 0 Å². The Labute approximate surface area is 111 Å². The summed E-state index contributed by atoms with van der Waals surface area (Å²) in [6.45, 7) is 1.39. The van der Waals surface area contributed by atoms with Crippen molar-refractivity contribution in [3.63, 3.8) is 0 Å². The normalized spacial score (nSPS) is 10.3. The fourth-order valence-electron chi connectivity index (χ4n) is 1.60. The minimum absolute atomic E-state index is 0.0272. The van der Waals surface area contributed by atoms with E-state index in [-0.39, 0.29) is 31.5 Å². The number of ether oxygens (including phenoxy) is 4. The maximum absolute atomic E-state index is 11.9. The van der Waals surface area contributed by atoms with Crippen molar-refractivity contribution in [3.05, 3.63) is 28.8 Å². The van der Waals surface area contributed by atoms with Gasteiger partial charge in [0.1, 0.15) is 11.3 Å². The van der Waals surface area contributed by atoms with Gasteiger partial charge in [0.15, 0.2) is 13.6 Å². The first-order valence-corrected chi connectivity index (χ1v) is 5.66. The summed E-state index contributed by atoms with van der Waals surface area (Å²) in [6, 6.07) is 3.36. The molecule has 0 aliphatic heterocycles. The predicted octanol–water partition coefficient (Wildman–Crippen LogP) is 1.23. The third-order valence-corrected chi connectivity index (χ3v) is 2.33. The predicted molar refractivity (Wildman–Crippen MR) is 66.9 cm³/mol. The molecule has 1 N–H and O–H groups in total. The lowest BCUT2D eigenvalue weighted by atomic mass is 10.0. The number of aliphatic hydroxyl groups is 1. The highest BCUT2D eigenvalue weighted by Gasteiger charge is 2.18. The summed E-state index contributed by atoms with van der Waals surface area (Å²) in [5.74, 6) is -0.317. The molecule has 1 rings (SSSR count). The van der Waals surface area contributed by atoms with Crippen molar-refractivity contribution in [3.8, 4) is 5.75 Å². The summed E-state index contributed by atoms with van der Waals surface area (Å²) in [5, 5.41) is 9.33. The molecular formula is C13H18O6. The maximum Gasteiger partial charge on any atom is 0.344 e. The molecule has 6 heteroatoms. The first-order valence-electron chi connectivity index (χ1n) is 5.66. The van der Waals surface area contributed by atoms with Crippen molar-refractivity contribution in [2.24, 2.45) is 0 Å². The largest absolute Gasteiger partial charge is 0.466 e. The lowest BCUT2D eigenvalue weighted by Crippen LogP contribution is -2.13. The number of esters is 1. The Morgan fingerprint density at radius 1 is 1.21 bits per heavy atom. The molecule has 0 amide bonds. The third-order valence-electron chi connectivity index (χ3n) is 2.33. The van der Waals surface area contributed by atoms with Crippen LogP contribution in [0.5, 0.6) is 5.75 Å². The minimum Gasteiger partial charge on any atom is -0.466 e. The SMILES string of the molecule is COCOC(=O)c1cc(C)cc(CO)c1OCOC. The second-order valence-corrected chi connectivity index (χ2v) is 3.85. The van der Waals surface area contributed by atoms with Crippen LogP contribution in [0.1, 0.15) is 21.5 Å². The van der Waals surface area contributed by atoms with Crippen LogP contribution in [0, 0.1) is 6.92 Å². The molecule has 0 spiro atoms. The topological polar surface area (TPSA) is 74.2 Å². The first-order chi connectivity index (χ1) is 9.13. The number of hydrogen-bond donors (Lipinski definition) is 1. The van der Waals surface area contributed by atoms with Crippen LogP contribution in [0.3, 0.4) is 0 Å². The molecule has 0 saturated heterocycles. The number of aliphatic hydroxyl groups excluding tert-OH is 1. The molecule has 0 bridgehead atoms. The van der Waals surface area contributed by atoms with Gasteiger partial charge >= 0.3 is 5.97 Å².